The van der Waals surface area contributed by atoms with Crippen molar-refractivity contribution in [2.75, 3.05) is 57.2 Å². The van der Waals surface area contributed by atoms with Crippen molar-refractivity contribution in [3.63, 3.8) is 0 Å². The third-order valence-corrected chi connectivity index (χ3v) is 7.96. The van der Waals surface area contributed by atoms with Gasteiger partial charge in [0.05, 0.1) is 51.6 Å². The molecule has 0 amide bonds. The molecule has 2 aromatic carbocycles. The molecule has 12 heteroatoms. The van der Waals surface area contributed by atoms with Gasteiger partial charge in [0, 0.05) is 0 Å². The summed E-state index contributed by atoms with van der Waals surface area (Å²) >= 11 is 0. The highest BCUT2D eigenvalue weighted by Crippen LogP contribution is 2.33. The van der Waals surface area contributed by atoms with Gasteiger partial charge in [-0.05, 0) is 37.1 Å². The molecule has 1 radical (unpaired) electrons. The Kier molecular flexibility index (Phi) is 10.1. The second kappa shape index (κ2) is 15.2. The minimum atomic E-state index is 0.211. The van der Waals surface area contributed by atoms with E-state index in [1.807, 2.05) is 60.9 Å². The number of nitrogens with zero attached hydrogens (tertiary/aromatic N) is 6. The lowest BCUT2D eigenvalue weighted by atomic mass is 10.2. The maximum absolute atomic E-state index is 5.73. The molecule has 0 aliphatic carbocycles. The highest BCUT2D eigenvalue weighted by atomic mass is 16.7. The number of hydrogen-bond donors (Lipinski definition) is 0. The number of amidine groups is 1. The third-order valence-electron chi connectivity index (χ3n) is 7.96. The van der Waals surface area contributed by atoms with Crippen LogP contribution < -0.4 is 28.8 Å². The second-order valence-electron chi connectivity index (χ2n) is 10.8. The molecule has 0 unspecified atom stereocenters. The minimum Gasteiger partial charge on any atom is -0.495 e. The molecule has 3 aromatic rings. The summed E-state index contributed by atoms with van der Waals surface area (Å²) in [5.74, 6) is 3.98. The van der Waals surface area contributed by atoms with Crippen LogP contribution in [0.3, 0.4) is 0 Å². The van der Waals surface area contributed by atoms with Crippen LogP contribution >= 0.6 is 0 Å². The topological polar surface area (TPSA) is 88.0 Å². The number of rotatable bonds is 17. The van der Waals surface area contributed by atoms with Crippen LogP contribution in [0.2, 0.25) is 0 Å². The number of benzene rings is 2. The van der Waals surface area contributed by atoms with Gasteiger partial charge in [0.1, 0.15) is 55.7 Å². The lowest BCUT2D eigenvalue weighted by Crippen LogP contribution is -2.35. The van der Waals surface area contributed by atoms with Crippen molar-refractivity contribution in [1.82, 2.24) is 14.5 Å². The van der Waals surface area contributed by atoms with E-state index in [9.17, 15) is 0 Å². The van der Waals surface area contributed by atoms with Crippen LogP contribution in [0, 0.1) is 0 Å². The zero-order valence-electron chi connectivity index (χ0n) is 26.4. The van der Waals surface area contributed by atoms with Crippen LogP contribution in [-0.2, 0) is 32.0 Å². The van der Waals surface area contributed by atoms with Crippen molar-refractivity contribution >= 4 is 17.2 Å². The van der Waals surface area contributed by atoms with Gasteiger partial charge in [-0.3, -0.25) is 0 Å². The first-order valence-electron chi connectivity index (χ1n) is 15.5. The van der Waals surface area contributed by atoms with Gasteiger partial charge < -0.3 is 38.2 Å². The Labute approximate surface area is 269 Å². The molecule has 0 saturated carbocycles. The van der Waals surface area contributed by atoms with Crippen LogP contribution in [0.5, 0.6) is 11.5 Å². The number of ether oxygens (including phenoxy) is 6. The number of anilines is 2. The number of aryl methyl sites for hydroxylation is 1. The van der Waals surface area contributed by atoms with Crippen molar-refractivity contribution in [2.45, 2.75) is 32.4 Å². The normalized spacial score (nSPS) is 14.9. The fraction of sp³-hybridized carbons (Fsp3) is 0.353. The molecular weight excluding hydrogens is 588 g/mol. The fourth-order valence-electron chi connectivity index (χ4n) is 5.63. The Morgan fingerprint density at radius 1 is 0.826 bits per heavy atom. The van der Waals surface area contributed by atoms with E-state index >= 15 is 0 Å². The van der Waals surface area contributed by atoms with E-state index in [0.717, 1.165) is 67.6 Å². The highest BCUT2D eigenvalue weighted by Gasteiger charge is 2.27. The van der Waals surface area contributed by atoms with Gasteiger partial charge in [-0.1, -0.05) is 29.3 Å². The van der Waals surface area contributed by atoms with Gasteiger partial charge >= 0.3 is 0 Å². The van der Waals surface area contributed by atoms with E-state index in [0.29, 0.717) is 24.9 Å². The molecule has 46 heavy (non-hydrogen) atoms. The summed E-state index contributed by atoms with van der Waals surface area (Å²) in [7, 11) is 3.35. The molecule has 3 aliphatic rings. The Morgan fingerprint density at radius 2 is 1.46 bits per heavy atom. The second-order valence-corrected chi connectivity index (χ2v) is 10.8. The number of imidazole rings is 1. The number of hydrogen-bond acceptors (Lipinski definition) is 10. The number of unbranched alkanes of at least 4 members (excludes halogenated alkanes) is 1. The predicted octanol–water partition coefficient (Wildman–Crippen LogP) is 4.10. The number of methoxy groups -OCH3 is 2. The maximum atomic E-state index is 5.73. The van der Waals surface area contributed by atoms with Crippen molar-refractivity contribution < 1.29 is 33.0 Å². The van der Waals surface area contributed by atoms with Crippen molar-refractivity contribution in [3.8, 4) is 11.5 Å². The van der Waals surface area contributed by atoms with Crippen LogP contribution in [0.1, 0.15) is 19.3 Å². The fourth-order valence-corrected chi connectivity index (χ4v) is 5.63. The number of aromatic nitrogens is 2. The first kappa shape index (κ1) is 30.8. The Bertz CT molecular complexity index is 1580. The SMILES string of the molecule is COc1ccccc1N(CCN1C=C[N+]=C1CCCC[n+]1ccn(CCN(C2=COCO2)c2ccccc2OC)c1)C1=COCO1. The summed E-state index contributed by atoms with van der Waals surface area (Å²) < 4.78 is 37.8. The van der Waals surface area contributed by atoms with E-state index in [1.54, 1.807) is 26.7 Å². The lowest BCUT2D eigenvalue weighted by Gasteiger charge is -2.26. The average molecular weight is 630 g/mol. The number of para-hydroxylation sites is 4. The summed E-state index contributed by atoms with van der Waals surface area (Å²) in [6.07, 6.45) is 16.6. The summed E-state index contributed by atoms with van der Waals surface area (Å²) in [6, 6.07) is 15.8. The van der Waals surface area contributed by atoms with Crippen LogP contribution in [0.15, 0.2) is 104 Å². The standard InChI is InChI=1S/C34H41N6O6/c1-41-30-11-5-3-9-28(30)39(33-23-43-26-45-33)21-19-37-18-17-36(25-37)15-8-7-13-32-35-14-16-38(32)20-22-40(34-24-44-27-46-34)29-10-4-6-12-31(29)42-2/h3-6,9-12,14,16-18,23-25H,7-8,13,15,19-22,26-27H2,1-2H3/q+2. The first-order chi connectivity index (χ1) is 22.7. The Morgan fingerprint density at radius 3 is 2.07 bits per heavy atom. The third kappa shape index (κ3) is 7.33. The van der Waals surface area contributed by atoms with Crippen LogP contribution in [0.25, 0.3) is 0 Å². The molecule has 241 valence electrons. The van der Waals surface area contributed by atoms with Crippen LogP contribution in [0.4, 0.5) is 11.4 Å². The van der Waals surface area contributed by atoms with E-state index in [4.69, 9.17) is 28.4 Å². The zero-order chi connectivity index (χ0) is 31.6. The minimum absolute atomic E-state index is 0.211. The van der Waals surface area contributed by atoms with Crippen molar-refractivity contribution in [3.05, 3.63) is 104 Å². The quantitative estimate of drug-likeness (QED) is 0.162. The molecule has 0 spiro atoms. The lowest BCUT2D eigenvalue weighted by molar-refractivity contribution is -0.696. The van der Waals surface area contributed by atoms with E-state index in [2.05, 4.69) is 47.5 Å². The molecule has 4 heterocycles. The summed E-state index contributed by atoms with van der Waals surface area (Å²) in [5.41, 5.74) is 1.86. The molecule has 0 atom stereocenters. The van der Waals surface area contributed by atoms with Gasteiger partial charge in [0.15, 0.2) is 6.20 Å². The van der Waals surface area contributed by atoms with Crippen LogP contribution in [-0.4, -0.2) is 62.7 Å². The molecule has 6 rings (SSSR count). The van der Waals surface area contributed by atoms with Gasteiger partial charge in [-0.25, -0.2) is 14.0 Å². The Hall–Kier alpha value is -5.26. The van der Waals surface area contributed by atoms with E-state index in [-0.39, 0.29) is 13.6 Å². The summed E-state index contributed by atoms with van der Waals surface area (Å²) in [6.45, 7) is 4.23. The summed E-state index contributed by atoms with van der Waals surface area (Å²) in [4.78, 5) is 11.0. The van der Waals surface area contributed by atoms with Gasteiger partial charge in [0.25, 0.3) is 5.84 Å². The molecule has 0 fully saturated rings. The predicted molar refractivity (Wildman–Crippen MR) is 172 cm³/mol. The Balaban J connectivity index is 0.978. The molecular formula is C34H41N6O6+2. The molecule has 0 N–H and O–H groups in total. The van der Waals surface area contributed by atoms with Gasteiger partial charge in [-0.15, -0.1) is 0 Å². The molecule has 12 nitrogen and oxygen atoms in total. The monoisotopic (exact) mass is 629 g/mol. The molecule has 1 aromatic heterocycles. The average Bonchev–Trinajstić information content (AvgIpc) is 3.93. The summed E-state index contributed by atoms with van der Waals surface area (Å²) in [5, 5.41) is 0. The molecule has 3 aliphatic heterocycles. The molecule has 0 bridgehead atoms. The smallest absolute Gasteiger partial charge is 0.298 e. The van der Waals surface area contributed by atoms with Crippen molar-refractivity contribution in [1.29, 1.82) is 0 Å². The van der Waals surface area contributed by atoms with E-state index in [1.165, 1.54) is 0 Å². The van der Waals surface area contributed by atoms with Gasteiger partial charge in [0.2, 0.25) is 31.7 Å². The molecule has 0 saturated heterocycles. The van der Waals surface area contributed by atoms with E-state index < -0.39 is 0 Å². The maximum Gasteiger partial charge on any atom is 0.298 e. The van der Waals surface area contributed by atoms with Gasteiger partial charge in [-0.2, -0.15) is 0 Å². The number of aliphatic imine (C=N–C) groups is 1. The zero-order valence-corrected chi connectivity index (χ0v) is 26.4. The highest BCUT2D eigenvalue weighted by molar-refractivity contribution is 5.84. The first-order valence-corrected chi connectivity index (χ1v) is 15.5. The van der Waals surface area contributed by atoms with Crippen molar-refractivity contribution in [2.24, 2.45) is 0 Å². The largest absolute Gasteiger partial charge is 0.495 e.